The Bertz CT molecular complexity index is 598. The number of rotatable bonds is 1. The maximum absolute atomic E-state index is 14.0. The zero-order valence-corrected chi connectivity index (χ0v) is 14.6. The fraction of sp³-hybridized carbons (Fsp3) is 0.800. The van der Waals surface area contributed by atoms with Crippen LogP contribution in [0.15, 0.2) is 11.6 Å². The molecule has 0 amide bonds. The van der Waals surface area contributed by atoms with E-state index >= 15 is 0 Å². The van der Waals surface area contributed by atoms with Crippen LogP contribution in [0.2, 0.25) is 0 Å². The van der Waals surface area contributed by atoms with Gasteiger partial charge in [0, 0.05) is 12.3 Å². The number of hydrogen-bond acceptors (Lipinski definition) is 3. The van der Waals surface area contributed by atoms with Gasteiger partial charge in [0.2, 0.25) is 0 Å². The number of fused-ring (bicyclic) bond motifs is 5. The number of hydrogen-bond donors (Lipinski definition) is 0. The highest BCUT2D eigenvalue weighted by atomic mass is 19.1. The standard InChI is InChI=1S/C20H27FO3/c1-11(22)24-19-6-5-16-14-4-3-12-9-18(23)17(21)10-15(12)13(14)7-8-20(16,19)2/h9,13-17,19H,3-8,10H2,1-2H3/t13-,14+,15-,16+,17+,19+,20+/m0/s1. The van der Waals surface area contributed by atoms with Gasteiger partial charge >= 0.3 is 5.97 Å². The predicted octanol–water partition coefficient (Wildman–Crippen LogP) is 4.01. The summed E-state index contributed by atoms with van der Waals surface area (Å²) in [6.07, 6.45) is 6.97. The van der Waals surface area contributed by atoms with Crippen LogP contribution in [0.1, 0.15) is 58.8 Å². The van der Waals surface area contributed by atoms with Crippen molar-refractivity contribution in [2.24, 2.45) is 29.1 Å². The molecule has 4 aliphatic carbocycles. The molecule has 4 rings (SSSR count). The minimum atomic E-state index is -1.30. The monoisotopic (exact) mass is 334 g/mol. The Morgan fingerprint density at radius 1 is 1.25 bits per heavy atom. The summed E-state index contributed by atoms with van der Waals surface area (Å²) in [5, 5.41) is 0. The Labute approximate surface area is 143 Å². The molecular weight excluding hydrogens is 307 g/mol. The first-order chi connectivity index (χ1) is 11.4. The molecule has 3 fully saturated rings. The Kier molecular flexibility index (Phi) is 3.85. The summed E-state index contributed by atoms with van der Waals surface area (Å²) < 4.78 is 19.7. The molecule has 0 spiro atoms. The van der Waals surface area contributed by atoms with Crippen LogP contribution in [0, 0.1) is 29.1 Å². The van der Waals surface area contributed by atoms with E-state index in [1.165, 1.54) is 12.5 Å². The summed E-state index contributed by atoms with van der Waals surface area (Å²) in [5.74, 6) is 1.42. The lowest BCUT2D eigenvalue weighted by atomic mass is 9.52. The number of alkyl halides is 1. The van der Waals surface area contributed by atoms with Crippen molar-refractivity contribution >= 4 is 11.8 Å². The van der Waals surface area contributed by atoms with Gasteiger partial charge in [-0.15, -0.1) is 0 Å². The number of ketones is 1. The summed E-state index contributed by atoms with van der Waals surface area (Å²) in [5.41, 5.74) is 1.28. The number of ether oxygens (including phenoxy) is 1. The minimum Gasteiger partial charge on any atom is -0.462 e. The number of halogens is 1. The third-order valence-corrected chi connectivity index (χ3v) is 7.57. The van der Waals surface area contributed by atoms with Gasteiger partial charge in [0.15, 0.2) is 12.0 Å². The lowest BCUT2D eigenvalue weighted by Crippen LogP contribution is -2.49. The second-order valence-corrected chi connectivity index (χ2v) is 8.62. The lowest BCUT2D eigenvalue weighted by molar-refractivity contribution is -0.156. The molecule has 4 aliphatic rings. The first kappa shape index (κ1) is 16.3. The van der Waals surface area contributed by atoms with Crippen molar-refractivity contribution in [3.05, 3.63) is 11.6 Å². The van der Waals surface area contributed by atoms with Crippen LogP contribution < -0.4 is 0 Å². The molecule has 4 heteroatoms. The minimum absolute atomic E-state index is 0.0414. The lowest BCUT2D eigenvalue weighted by Gasteiger charge is -2.53. The quantitative estimate of drug-likeness (QED) is 0.681. The van der Waals surface area contributed by atoms with Gasteiger partial charge in [-0.25, -0.2) is 4.39 Å². The van der Waals surface area contributed by atoms with Crippen molar-refractivity contribution in [1.82, 2.24) is 0 Å². The molecule has 0 aromatic rings. The first-order valence-corrected chi connectivity index (χ1v) is 9.45. The Morgan fingerprint density at radius 2 is 2.04 bits per heavy atom. The SMILES string of the molecule is CC(=O)O[C@@H]1CC[C@@H]2[C@@H]3CCC4=CC(=O)[C@H](F)C[C@@H]4[C@H]3CC[C@]21C. The second-order valence-electron chi connectivity index (χ2n) is 8.62. The van der Waals surface area contributed by atoms with Crippen molar-refractivity contribution in [3.8, 4) is 0 Å². The first-order valence-electron chi connectivity index (χ1n) is 9.45. The summed E-state index contributed by atoms with van der Waals surface area (Å²) >= 11 is 0. The maximum atomic E-state index is 14.0. The molecule has 0 radical (unpaired) electrons. The Hall–Kier alpha value is -1.19. The van der Waals surface area contributed by atoms with Crippen LogP contribution in [0.5, 0.6) is 0 Å². The molecule has 0 aromatic carbocycles. The third kappa shape index (κ3) is 2.36. The molecular formula is C20H27FO3. The summed E-state index contributed by atoms with van der Waals surface area (Å²) in [7, 11) is 0. The summed E-state index contributed by atoms with van der Waals surface area (Å²) in [6.45, 7) is 3.79. The van der Waals surface area contributed by atoms with Crippen LogP contribution in [-0.4, -0.2) is 24.0 Å². The van der Waals surface area contributed by atoms with Gasteiger partial charge in [-0.1, -0.05) is 12.5 Å². The Morgan fingerprint density at radius 3 is 2.79 bits per heavy atom. The zero-order chi connectivity index (χ0) is 17.1. The molecule has 0 saturated heterocycles. The van der Waals surface area contributed by atoms with E-state index in [-0.39, 0.29) is 29.2 Å². The van der Waals surface area contributed by atoms with Crippen molar-refractivity contribution in [2.75, 3.05) is 0 Å². The molecule has 0 N–H and O–H groups in total. The van der Waals surface area contributed by atoms with E-state index in [0.717, 1.165) is 38.5 Å². The van der Waals surface area contributed by atoms with E-state index in [2.05, 4.69) is 6.92 Å². The van der Waals surface area contributed by atoms with Gasteiger partial charge in [0.1, 0.15) is 6.10 Å². The molecule has 3 saturated carbocycles. The van der Waals surface area contributed by atoms with Gasteiger partial charge in [-0.05, 0) is 74.7 Å². The van der Waals surface area contributed by atoms with Crippen molar-refractivity contribution < 1.29 is 18.7 Å². The summed E-state index contributed by atoms with van der Waals surface area (Å²) in [6, 6.07) is 0. The average Bonchev–Trinajstić information content (AvgIpc) is 2.85. The van der Waals surface area contributed by atoms with E-state index in [1.54, 1.807) is 6.08 Å². The molecule has 0 bridgehead atoms. The zero-order valence-electron chi connectivity index (χ0n) is 14.6. The molecule has 0 unspecified atom stereocenters. The second kappa shape index (κ2) is 5.67. The molecule has 132 valence electrons. The third-order valence-electron chi connectivity index (χ3n) is 7.57. The van der Waals surface area contributed by atoms with Crippen molar-refractivity contribution in [2.45, 2.75) is 71.1 Å². The fourth-order valence-corrected chi connectivity index (χ4v) is 6.49. The smallest absolute Gasteiger partial charge is 0.302 e. The Balaban J connectivity index is 1.58. The normalized spacial score (nSPS) is 47.3. The van der Waals surface area contributed by atoms with Crippen LogP contribution in [0.25, 0.3) is 0 Å². The van der Waals surface area contributed by atoms with Crippen LogP contribution >= 0.6 is 0 Å². The highest BCUT2D eigenvalue weighted by molar-refractivity contribution is 5.95. The number of carbonyl (C=O) groups is 2. The van der Waals surface area contributed by atoms with E-state index < -0.39 is 6.17 Å². The van der Waals surface area contributed by atoms with E-state index in [0.29, 0.717) is 24.2 Å². The molecule has 3 nitrogen and oxygen atoms in total. The number of esters is 1. The van der Waals surface area contributed by atoms with E-state index in [4.69, 9.17) is 4.74 Å². The van der Waals surface area contributed by atoms with Crippen molar-refractivity contribution in [3.63, 3.8) is 0 Å². The molecule has 24 heavy (non-hydrogen) atoms. The average molecular weight is 334 g/mol. The number of carbonyl (C=O) groups excluding carboxylic acids is 2. The number of allylic oxidation sites excluding steroid dienone is 1. The topological polar surface area (TPSA) is 43.4 Å². The van der Waals surface area contributed by atoms with Crippen LogP contribution in [0.4, 0.5) is 4.39 Å². The van der Waals surface area contributed by atoms with Crippen LogP contribution in [0.3, 0.4) is 0 Å². The molecule has 0 aliphatic heterocycles. The maximum Gasteiger partial charge on any atom is 0.302 e. The largest absolute Gasteiger partial charge is 0.462 e. The van der Waals surface area contributed by atoms with E-state index in [9.17, 15) is 14.0 Å². The fourth-order valence-electron chi connectivity index (χ4n) is 6.49. The van der Waals surface area contributed by atoms with Gasteiger partial charge in [0.05, 0.1) is 0 Å². The van der Waals surface area contributed by atoms with Gasteiger partial charge < -0.3 is 4.74 Å². The highest BCUT2D eigenvalue weighted by Gasteiger charge is 2.57. The van der Waals surface area contributed by atoms with Crippen LogP contribution in [-0.2, 0) is 14.3 Å². The van der Waals surface area contributed by atoms with Gasteiger partial charge in [-0.3, -0.25) is 9.59 Å². The van der Waals surface area contributed by atoms with Crippen molar-refractivity contribution in [1.29, 1.82) is 0 Å². The van der Waals surface area contributed by atoms with E-state index in [1.807, 2.05) is 0 Å². The molecule has 0 heterocycles. The van der Waals surface area contributed by atoms with Gasteiger partial charge in [-0.2, -0.15) is 0 Å². The van der Waals surface area contributed by atoms with Gasteiger partial charge in [0.25, 0.3) is 0 Å². The predicted molar refractivity (Wildman–Crippen MR) is 87.9 cm³/mol. The summed E-state index contributed by atoms with van der Waals surface area (Å²) in [4.78, 5) is 23.1. The molecule has 0 aromatic heterocycles. The highest BCUT2D eigenvalue weighted by Crippen LogP contribution is 2.62. The molecule has 7 atom stereocenters.